The van der Waals surface area contributed by atoms with Gasteiger partial charge >= 0.3 is 5.97 Å². The van der Waals surface area contributed by atoms with Crippen molar-refractivity contribution in [1.82, 2.24) is 4.98 Å². The molecule has 0 aliphatic carbocycles. The predicted octanol–water partition coefficient (Wildman–Crippen LogP) is 0.112. The molecule has 0 bridgehead atoms. The molecule has 7 heteroatoms. The highest BCUT2D eigenvalue weighted by molar-refractivity contribution is 5.79. The molecule has 1 aromatic rings. The predicted molar refractivity (Wildman–Crippen MR) is 79.0 cm³/mol. The fraction of sp³-hybridized carbons (Fsp3) is 0.538. The standard InChI is InChI=1S/C13H21N5O2/c1-17(8-6-14)12-9(15)4-5-11(16-12)18-7-2-3-10(18)13(19)20/h4-5,10H,2-3,6-8,14-15H2,1H3,(H,19,20). The van der Waals surface area contributed by atoms with Gasteiger partial charge in [0.2, 0.25) is 0 Å². The number of carboxylic acids is 1. The Balaban J connectivity index is 2.29. The van der Waals surface area contributed by atoms with Crippen LogP contribution in [0.4, 0.5) is 17.3 Å². The zero-order valence-electron chi connectivity index (χ0n) is 11.6. The minimum absolute atomic E-state index is 0.501. The van der Waals surface area contributed by atoms with Crippen LogP contribution in [0, 0.1) is 0 Å². The highest BCUT2D eigenvalue weighted by Crippen LogP contribution is 2.28. The van der Waals surface area contributed by atoms with E-state index in [-0.39, 0.29) is 0 Å². The molecule has 1 unspecified atom stereocenters. The van der Waals surface area contributed by atoms with Crippen molar-refractivity contribution in [1.29, 1.82) is 0 Å². The molecule has 1 fully saturated rings. The molecule has 0 aromatic carbocycles. The summed E-state index contributed by atoms with van der Waals surface area (Å²) >= 11 is 0. The van der Waals surface area contributed by atoms with Gasteiger partial charge in [-0.15, -0.1) is 0 Å². The lowest BCUT2D eigenvalue weighted by Crippen LogP contribution is -2.36. The number of nitrogens with two attached hydrogens (primary N) is 2. The fourth-order valence-corrected chi connectivity index (χ4v) is 2.51. The Hall–Kier alpha value is -2.02. The quantitative estimate of drug-likeness (QED) is 0.702. The summed E-state index contributed by atoms with van der Waals surface area (Å²) in [4.78, 5) is 19.5. The molecule has 20 heavy (non-hydrogen) atoms. The minimum Gasteiger partial charge on any atom is -0.480 e. The van der Waals surface area contributed by atoms with Gasteiger partial charge in [0.1, 0.15) is 11.9 Å². The van der Waals surface area contributed by atoms with E-state index in [1.54, 1.807) is 12.1 Å². The number of aromatic nitrogens is 1. The third-order valence-electron chi connectivity index (χ3n) is 3.55. The Bertz CT molecular complexity index is 494. The van der Waals surface area contributed by atoms with Crippen molar-refractivity contribution in [3.8, 4) is 0 Å². The summed E-state index contributed by atoms with van der Waals surface area (Å²) in [6.07, 6.45) is 1.51. The van der Waals surface area contributed by atoms with Crippen LogP contribution in [0.1, 0.15) is 12.8 Å². The van der Waals surface area contributed by atoms with E-state index in [0.29, 0.717) is 43.4 Å². The number of rotatable bonds is 5. The largest absolute Gasteiger partial charge is 0.480 e. The van der Waals surface area contributed by atoms with E-state index < -0.39 is 12.0 Å². The molecule has 1 aromatic heterocycles. The fourth-order valence-electron chi connectivity index (χ4n) is 2.51. The van der Waals surface area contributed by atoms with E-state index in [1.165, 1.54) is 0 Å². The van der Waals surface area contributed by atoms with Gasteiger partial charge < -0.3 is 26.4 Å². The molecule has 1 aliphatic rings. The van der Waals surface area contributed by atoms with E-state index >= 15 is 0 Å². The Kier molecular flexibility index (Phi) is 4.29. The zero-order chi connectivity index (χ0) is 14.7. The number of hydrogen-bond acceptors (Lipinski definition) is 6. The summed E-state index contributed by atoms with van der Waals surface area (Å²) < 4.78 is 0. The number of carboxylic acid groups (broad SMARTS) is 1. The summed E-state index contributed by atoms with van der Waals surface area (Å²) in [5.74, 6) is 0.491. The number of nitrogen functional groups attached to an aromatic ring is 1. The SMILES string of the molecule is CN(CCN)c1nc(N2CCCC2C(=O)O)ccc1N. The number of carbonyl (C=O) groups is 1. The van der Waals surface area contributed by atoms with Crippen LogP contribution >= 0.6 is 0 Å². The highest BCUT2D eigenvalue weighted by Gasteiger charge is 2.31. The van der Waals surface area contributed by atoms with Crippen molar-refractivity contribution >= 4 is 23.3 Å². The Labute approximate surface area is 118 Å². The molecular formula is C13H21N5O2. The smallest absolute Gasteiger partial charge is 0.326 e. The van der Waals surface area contributed by atoms with E-state index in [1.807, 2.05) is 16.8 Å². The molecule has 1 saturated heterocycles. The van der Waals surface area contributed by atoms with Crippen LogP contribution in [0.2, 0.25) is 0 Å². The van der Waals surface area contributed by atoms with E-state index in [4.69, 9.17) is 11.5 Å². The highest BCUT2D eigenvalue weighted by atomic mass is 16.4. The molecule has 0 amide bonds. The Morgan fingerprint density at radius 3 is 3.00 bits per heavy atom. The molecule has 1 atom stereocenters. The Morgan fingerprint density at radius 2 is 2.35 bits per heavy atom. The maximum absolute atomic E-state index is 11.3. The van der Waals surface area contributed by atoms with Gasteiger partial charge in [-0.3, -0.25) is 0 Å². The minimum atomic E-state index is -0.807. The van der Waals surface area contributed by atoms with E-state index in [2.05, 4.69) is 4.98 Å². The van der Waals surface area contributed by atoms with Gasteiger partial charge in [-0.2, -0.15) is 0 Å². The molecule has 1 aliphatic heterocycles. The molecule has 7 nitrogen and oxygen atoms in total. The number of likely N-dealkylation sites (N-methyl/N-ethyl adjacent to an activating group) is 1. The lowest BCUT2D eigenvalue weighted by atomic mass is 10.2. The number of pyridine rings is 1. The maximum atomic E-state index is 11.3. The summed E-state index contributed by atoms with van der Waals surface area (Å²) in [6.45, 7) is 1.85. The molecule has 2 rings (SSSR count). The topological polar surface area (TPSA) is 109 Å². The molecule has 5 N–H and O–H groups in total. The van der Waals surface area contributed by atoms with Gasteiger partial charge in [-0.05, 0) is 25.0 Å². The lowest BCUT2D eigenvalue weighted by Gasteiger charge is -2.25. The van der Waals surface area contributed by atoms with Gasteiger partial charge in [-0.25, -0.2) is 9.78 Å². The van der Waals surface area contributed by atoms with Crippen molar-refractivity contribution in [2.45, 2.75) is 18.9 Å². The first-order valence-corrected chi connectivity index (χ1v) is 6.71. The molecule has 0 radical (unpaired) electrons. The van der Waals surface area contributed by atoms with Crippen LogP contribution in [-0.4, -0.2) is 48.8 Å². The second-order valence-corrected chi connectivity index (χ2v) is 4.98. The lowest BCUT2D eigenvalue weighted by molar-refractivity contribution is -0.138. The van der Waals surface area contributed by atoms with Crippen LogP contribution in [0.3, 0.4) is 0 Å². The molecule has 2 heterocycles. The summed E-state index contributed by atoms with van der Waals surface area (Å²) in [6, 6.07) is 3.04. The average molecular weight is 279 g/mol. The van der Waals surface area contributed by atoms with E-state index in [9.17, 15) is 9.90 Å². The maximum Gasteiger partial charge on any atom is 0.326 e. The van der Waals surface area contributed by atoms with Gasteiger partial charge in [-0.1, -0.05) is 0 Å². The van der Waals surface area contributed by atoms with Crippen molar-refractivity contribution in [2.24, 2.45) is 5.73 Å². The third kappa shape index (κ3) is 2.77. The number of hydrogen-bond donors (Lipinski definition) is 3. The average Bonchev–Trinajstić information content (AvgIpc) is 2.89. The van der Waals surface area contributed by atoms with Crippen molar-refractivity contribution in [2.75, 3.05) is 42.2 Å². The van der Waals surface area contributed by atoms with Gasteiger partial charge in [0.15, 0.2) is 5.82 Å². The van der Waals surface area contributed by atoms with Gasteiger partial charge in [0.05, 0.1) is 5.69 Å². The second-order valence-electron chi connectivity index (χ2n) is 4.98. The van der Waals surface area contributed by atoms with Crippen molar-refractivity contribution in [3.05, 3.63) is 12.1 Å². The first-order valence-electron chi connectivity index (χ1n) is 6.71. The summed E-state index contributed by atoms with van der Waals surface area (Å²) in [5.41, 5.74) is 12.0. The first-order chi connectivity index (χ1) is 9.54. The monoisotopic (exact) mass is 279 g/mol. The van der Waals surface area contributed by atoms with Gasteiger partial charge in [0, 0.05) is 26.7 Å². The number of anilines is 3. The second kappa shape index (κ2) is 5.96. The van der Waals surface area contributed by atoms with Crippen LogP contribution in [0.25, 0.3) is 0 Å². The van der Waals surface area contributed by atoms with Crippen LogP contribution in [-0.2, 0) is 4.79 Å². The Morgan fingerprint density at radius 1 is 1.60 bits per heavy atom. The third-order valence-corrected chi connectivity index (χ3v) is 3.55. The van der Waals surface area contributed by atoms with Gasteiger partial charge in [0.25, 0.3) is 0 Å². The van der Waals surface area contributed by atoms with Crippen LogP contribution in [0.15, 0.2) is 12.1 Å². The molecule has 0 saturated carbocycles. The summed E-state index contributed by atoms with van der Waals surface area (Å²) in [5, 5.41) is 9.24. The first kappa shape index (κ1) is 14.4. The molecular weight excluding hydrogens is 258 g/mol. The molecule has 110 valence electrons. The van der Waals surface area contributed by atoms with E-state index in [0.717, 1.165) is 6.42 Å². The van der Waals surface area contributed by atoms with Crippen molar-refractivity contribution < 1.29 is 9.90 Å². The molecule has 0 spiro atoms. The van der Waals surface area contributed by atoms with Crippen LogP contribution < -0.4 is 21.3 Å². The summed E-state index contributed by atoms with van der Waals surface area (Å²) in [7, 11) is 1.87. The van der Waals surface area contributed by atoms with Crippen LogP contribution in [0.5, 0.6) is 0 Å². The number of aliphatic carboxylic acids is 1. The number of nitrogens with zero attached hydrogens (tertiary/aromatic N) is 3. The zero-order valence-corrected chi connectivity index (χ0v) is 11.6. The normalized spacial score (nSPS) is 18.3. The van der Waals surface area contributed by atoms with Crippen molar-refractivity contribution in [3.63, 3.8) is 0 Å².